The molecule has 1 aromatic rings. The SMILES string of the molecule is CCCCCCCCCCCOc1cccc(C(=O)N[C@@H]2C(O[C@H]3C(O)C(NC(C)=O)C(OC4C(CO)OC(O[C@H]5C(O)C(NC(C)=O)C(OC6C(CO)OC(O)[C@@H](NC(C)=O)[C@H]6O)O[C@H]5CO)[C@@H](NC(C)=O)[C@H]4O)O[C@H]3CO)OC(CO)[C@@H](O)[C@@H]2O)c1. The summed E-state index contributed by atoms with van der Waals surface area (Å²) in [6.07, 6.45) is -25.8. The van der Waals surface area contributed by atoms with E-state index >= 15 is 0 Å². The molecule has 17 N–H and O–H groups in total. The van der Waals surface area contributed by atoms with Gasteiger partial charge in [0.05, 0.1) is 39.6 Å². The van der Waals surface area contributed by atoms with E-state index in [0.29, 0.717) is 12.4 Å². The molecule has 1 aromatic carbocycles. The van der Waals surface area contributed by atoms with Crippen molar-refractivity contribution in [2.75, 3.05) is 39.6 Å². The smallest absolute Gasteiger partial charge is 0.251 e. The maximum Gasteiger partial charge on any atom is 0.251 e. The predicted octanol–water partition coefficient (Wildman–Crippen LogP) is -6.00. The van der Waals surface area contributed by atoms with Gasteiger partial charge in [0.1, 0.15) is 128 Å². The third-order valence-corrected chi connectivity index (χ3v) is 15.9. The van der Waals surface area contributed by atoms with Crippen molar-refractivity contribution < 1.29 is 133 Å². The Morgan fingerprint density at radius 1 is 0.420 bits per heavy atom. The average Bonchev–Trinajstić information content (AvgIpc) is 1.44. The van der Waals surface area contributed by atoms with Crippen LogP contribution in [0.4, 0.5) is 0 Å². The van der Waals surface area contributed by atoms with Gasteiger partial charge in [-0.05, 0) is 24.6 Å². The molecule has 88 heavy (non-hydrogen) atoms. The summed E-state index contributed by atoms with van der Waals surface area (Å²) in [5.41, 5.74) is 0.0716. The van der Waals surface area contributed by atoms with Gasteiger partial charge in [-0.25, -0.2) is 0 Å². The predicted molar refractivity (Wildman–Crippen MR) is 297 cm³/mol. The molecule has 6 rings (SSSR count). The summed E-state index contributed by atoms with van der Waals surface area (Å²) in [6, 6.07) is -2.10. The second-order valence-corrected chi connectivity index (χ2v) is 22.6. The van der Waals surface area contributed by atoms with Crippen LogP contribution in [0, 0.1) is 0 Å². The maximum atomic E-state index is 13.9. The molecule has 5 fully saturated rings. The van der Waals surface area contributed by atoms with Crippen molar-refractivity contribution in [3.05, 3.63) is 29.8 Å². The second-order valence-electron chi connectivity index (χ2n) is 22.6. The van der Waals surface area contributed by atoms with Crippen molar-refractivity contribution >= 4 is 29.5 Å². The van der Waals surface area contributed by atoms with E-state index in [1.807, 2.05) is 0 Å². The van der Waals surface area contributed by atoms with Gasteiger partial charge in [-0.1, -0.05) is 64.4 Å². The minimum absolute atomic E-state index is 0.0716. The number of rotatable bonds is 30. The van der Waals surface area contributed by atoms with Crippen molar-refractivity contribution in [2.45, 2.75) is 246 Å². The number of hydrogen-bond acceptors (Lipinski definition) is 27. The molecule has 0 radical (unpaired) electrons. The number of carbonyl (C=O) groups is 5. The van der Waals surface area contributed by atoms with Crippen molar-refractivity contribution in [1.82, 2.24) is 26.6 Å². The molecule has 0 aromatic heterocycles. The first kappa shape index (κ1) is 72.6. The molecule has 32 heteroatoms. The van der Waals surface area contributed by atoms with E-state index in [4.69, 9.17) is 47.4 Å². The van der Waals surface area contributed by atoms with Gasteiger partial charge in [-0.15, -0.1) is 0 Å². The van der Waals surface area contributed by atoms with Gasteiger partial charge in [-0.2, -0.15) is 0 Å². The van der Waals surface area contributed by atoms with Crippen LogP contribution in [0.15, 0.2) is 24.3 Å². The summed E-state index contributed by atoms with van der Waals surface area (Å²) < 4.78 is 59.9. The average molecular weight is 1270 g/mol. The Hall–Kier alpha value is -4.47. The molecule has 32 nitrogen and oxygen atoms in total. The van der Waals surface area contributed by atoms with E-state index < -0.39 is 216 Å². The Kier molecular flexibility index (Phi) is 28.7. The molecule has 5 aliphatic heterocycles. The Morgan fingerprint density at radius 2 is 0.761 bits per heavy atom. The number of carbonyl (C=O) groups excluding carboxylic acids is 5. The highest BCUT2D eigenvalue weighted by atomic mass is 16.8. The summed E-state index contributed by atoms with van der Waals surface area (Å²) in [6.45, 7) is 2.10. The Balaban J connectivity index is 1.18. The lowest BCUT2D eigenvalue weighted by Crippen LogP contribution is -2.72. The highest BCUT2D eigenvalue weighted by molar-refractivity contribution is 5.94. The van der Waals surface area contributed by atoms with Gasteiger partial charge < -0.3 is 135 Å². The van der Waals surface area contributed by atoms with Gasteiger partial charge in [-0.3, -0.25) is 24.0 Å². The number of amides is 5. The zero-order chi connectivity index (χ0) is 64.5. The van der Waals surface area contributed by atoms with Gasteiger partial charge in [0.15, 0.2) is 31.5 Å². The van der Waals surface area contributed by atoms with Crippen LogP contribution >= 0.6 is 0 Å². The van der Waals surface area contributed by atoms with Crippen LogP contribution in [-0.2, 0) is 61.8 Å². The third kappa shape index (κ3) is 18.8. The van der Waals surface area contributed by atoms with Crippen LogP contribution in [0.1, 0.15) is 103 Å². The fraction of sp³-hybridized carbons (Fsp3) is 0.804. The normalized spacial score (nSPS) is 37.7. The maximum absolute atomic E-state index is 13.9. The van der Waals surface area contributed by atoms with Crippen molar-refractivity contribution in [1.29, 1.82) is 0 Å². The molecular formula is C56H91N5O27. The van der Waals surface area contributed by atoms with E-state index in [9.17, 15) is 85.3 Å². The number of nitrogens with one attached hydrogen (secondary N) is 5. The van der Waals surface area contributed by atoms with Crippen LogP contribution in [0.5, 0.6) is 5.75 Å². The summed E-state index contributed by atoms with van der Waals surface area (Å²) >= 11 is 0. The first-order valence-electron chi connectivity index (χ1n) is 29.8. The number of unbranched alkanes of at least 4 members (excludes halogenated alkanes) is 8. The largest absolute Gasteiger partial charge is 0.494 e. The summed E-state index contributed by atoms with van der Waals surface area (Å²) in [5, 5.41) is 145. The summed E-state index contributed by atoms with van der Waals surface area (Å²) in [7, 11) is 0. The quantitative estimate of drug-likeness (QED) is 0.0319. The highest BCUT2D eigenvalue weighted by Crippen LogP contribution is 2.36. The van der Waals surface area contributed by atoms with Gasteiger partial charge >= 0.3 is 0 Å². The van der Waals surface area contributed by atoms with Gasteiger partial charge in [0.25, 0.3) is 5.91 Å². The van der Waals surface area contributed by atoms with Crippen LogP contribution < -0.4 is 31.3 Å². The standard InChI is InChI=1S/C56H91N5O27/c1-6-7-8-9-10-11-12-13-14-18-79-30-17-15-16-29(19-30)51(77)61-37-42(72)41(71)31(20-62)81-53(37)86-48-33(22-64)83-55(39(44(48)74)59-27(4)69)88-50-35(24-66)84-56(40(46(50)76)60-28(5)70)87-49-34(23-65)82-54(38(45(49)75)58-26(3)68)85-47-32(21-63)80-52(78)36(43(47)73)57-25(2)67/h15-17,19,31-50,52-56,62-66,71-76,78H,6-14,18,20-24H2,1-5H3,(H,57,67)(H,58,68)(H,59,69)(H,60,70)(H,61,77)/t31?,32?,33-,34-,35?,36-,37-,38?,39?,40-,41+,42+,43+,44?,45?,46+,47?,48+,49+,50?,52?,53?,54?,55?,56?/m0/s1. The van der Waals surface area contributed by atoms with Crippen LogP contribution in [0.2, 0.25) is 0 Å². The molecule has 0 saturated carbocycles. The zero-order valence-corrected chi connectivity index (χ0v) is 49.8. The van der Waals surface area contributed by atoms with Crippen LogP contribution in [0.25, 0.3) is 0 Å². The molecule has 0 aliphatic carbocycles. The molecule has 5 saturated heterocycles. The fourth-order valence-corrected chi connectivity index (χ4v) is 11.4. The molecule has 14 unspecified atom stereocenters. The molecular weight excluding hydrogens is 1170 g/mol. The number of benzene rings is 1. The number of hydrogen-bond donors (Lipinski definition) is 17. The number of aliphatic hydroxyl groups is 12. The molecule has 0 spiro atoms. The summed E-state index contributed by atoms with van der Waals surface area (Å²) in [5.74, 6) is -3.50. The third-order valence-electron chi connectivity index (χ3n) is 15.9. The second kappa shape index (κ2) is 34.8. The van der Waals surface area contributed by atoms with E-state index in [1.165, 1.54) is 44.2 Å². The minimum Gasteiger partial charge on any atom is -0.494 e. The molecule has 5 aliphatic rings. The Morgan fingerprint density at radius 3 is 1.15 bits per heavy atom. The topological polar surface area (TPSA) is 481 Å². The monoisotopic (exact) mass is 1270 g/mol. The first-order chi connectivity index (χ1) is 42.0. The number of aliphatic hydroxyl groups excluding tert-OH is 12. The highest BCUT2D eigenvalue weighted by Gasteiger charge is 2.58. The van der Waals surface area contributed by atoms with Crippen LogP contribution in [-0.4, -0.2) is 284 Å². The van der Waals surface area contributed by atoms with Crippen molar-refractivity contribution in [3.63, 3.8) is 0 Å². The molecule has 25 atom stereocenters. The van der Waals surface area contributed by atoms with Crippen molar-refractivity contribution in [3.8, 4) is 5.75 Å². The van der Waals surface area contributed by atoms with Gasteiger partial charge in [0.2, 0.25) is 23.6 Å². The lowest BCUT2D eigenvalue weighted by molar-refractivity contribution is -0.367. The minimum atomic E-state index is -2.03. The fourth-order valence-electron chi connectivity index (χ4n) is 11.4. The Bertz CT molecular complexity index is 2350. The van der Waals surface area contributed by atoms with E-state index in [2.05, 4.69) is 33.5 Å². The molecule has 5 heterocycles. The van der Waals surface area contributed by atoms with E-state index in [-0.39, 0.29) is 5.56 Å². The lowest BCUT2D eigenvalue weighted by Gasteiger charge is -2.51. The lowest BCUT2D eigenvalue weighted by atomic mass is 9.93. The number of ether oxygens (including phenoxy) is 10. The zero-order valence-electron chi connectivity index (χ0n) is 49.8. The molecule has 0 bridgehead atoms. The van der Waals surface area contributed by atoms with E-state index in [1.54, 1.807) is 12.1 Å². The molecule has 502 valence electrons. The first-order valence-corrected chi connectivity index (χ1v) is 29.8. The van der Waals surface area contributed by atoms with Crippen LogP contribution in [0.3, 0.4) is 0 Å². The molecule has 5 amide bonds. The van der Waals surface area contributed by atoms with Gasteiger partial charge in [0, 0.05) is 33.3 Å². The summed E-state index contributed by atoms with van der Waals surface area (Å²) in [4.78, 5) is 64.1. The van der Waals surface area contributed by atoms with E-state index in [0.717, 1.165) is 53.4 Å². The Labute approximate surface area is 508 Å². The van der Waals surface area contributed by atoms with Crippen molar-refractivity contribution in [2.24, 2.45) is 0 Å².